The number of morpholine rings is 1. The lowest BCUT2D eigenvalue weighted by Crippen LogP contribution is -2.50. The van der Waals surface area contributed by atoms with E-state index in [1.54, 1.807) is 6.20 Å². The summed E-state index contributed by atoms with van der Waals surface area (Å²) in [4.78, 5) is 6.49. The van der Waals surface area contributed by atoms with Crippen molar-refractivity contribution in [3.05, 3.63) is 35.3 Å². The lowest BCUT2D eigenvalue weighted by molar-refractivity contribution is -0.0440. The highest BCUT2D eigenvalue weighted by atomic mass is 19.1. The molecule has 0 amide bonds. The van der Waals surface area contributed by atoms with Gasteiger partial charge in [0, 0.05) is 24.7 Å². The lowest BCUT2D eigenvalue weighted by Gasteiger charge is -2.41. The van der Waals surface area contributed by atoms with Crippen LogP contribution in [-0.4, -0.2) is 30.3 Å². The van der Waals surface area contributed by atoms with Crippen LogP contribution >= 0.6 is 0 Å². The monoisotopic (exact) mass is 313 g/mol. The smallest absolute Gasteiger partial charge is 0.124 e. The van der Waals surface area contributed by atoms with E-state index in [1.165, 1.54) is 12.1 Å². The number of halogens is 1. The largest absolute Gasteiger partial charge is 0.372 e. The molecular formula is C18H20FN3O. The zero-order valence-electron chi connectivity index (χ0n) is 13.7. The number of hydrogen-bond acceptors (Lipinski definition) is 4. The van der Waals surface area contributed by atoms with Crippen molar-refractivity contribution in [2.75, 3.05) is 24.6 Å². The Morgan fingerprint density at radius 1 is 1.48 bits per heavy atom. The van der Waals surface area contributed by atoms with Crippen LogP contribution in [0, 0.1) is 24.1 Å². The number of nitrogens with zero attached hydrogens (tertiary/aromatic N) is 3. The summed E-state index contributed by atoms with van der Waals surface area (Å²) in [6.07, 6.45) is 2.46. The van der Waals surface area contributed by atoms with Gasteiger partial charge in [-0.15, -0.1) is 0 Å². The number of benzene rings is 1. The Labute approximate surface area is 135 Å². The van der Waals surface area contributed by atoms with Gasteiger partial charge < -0.3 is 9.64 Å². The molecule has 1 atom stereocenters. The average Bonchev–Trinajstić information content (AvgIpc) is 2.53. The predicted octanol–water partition coefficient (Wildman–Crippen LogP) is 3.56. The highest BCUT2D eigenvalue weighted by Gasteiger charge is 2.32. The van der Waals surface area contributed by atoms with E-state index in [9.17, 15) is 9.65 Å². The van der Waals surface area contributed by atoms with E-state index >= 15 is 0 Å². The fourth-order valence-electron chi connectivity index (χ4n) is 3.18. The van der Waals surface area contributed by atoms with Gasteiger partial charge in [0.1, 0.15) is 11.9 Å². The second kappa shape index (κ2) is 5.78. The molecule has 120 valence electrons. The highest BCUT2D eigenvalue weighted by molar-refractivity contribution is 5.96. The summed E-state index contributed by atoms with van der Waals surface area (Å²) in [5.41, 5.74) is 2.50. The maximum Gasteiger partial charge on any atom is 0.124 e. The van der Waals surface area contributed by atoms with Gasteiger partial charge >= 0.3 is 0 Å². The Balaban J connectivity index is 2.21. The molecule has 23 heavy (non-hydrogen) atoms. The number of hydrogen-bond donors (Lipinski definition) is 0. The van der Waals surface area contributed by atoms with Gasteiger partial charge in [0.15, 0.2) is 0 Å². The fourth-order valence-corrected chi connectivity index (χ4v) is 3.18. The molecule has 1 saturated heterocycles. The van der Waals surface area contributed by atoms with Gasteiger partial charge in [-0.1, -0.05) is 6.92 Å². The molecule has 1 aromatic carbocycles. The zero-order valence-corrected chi connectivity index (χ0v) is 13.7. The molecule has 2 aromatic rings. The molecule has 0 N–H and O–H groups in total. The molecule has 0 radical (unpaired) electrons. The topological polar surface area (TPSA) is 49.2 Å². The van der Waals surface area contributed by atoms with Crippen LogP contribution in [0.4, 0.5) is 10.1 Å². The minimum absolute atomic E-state index is 0.261. The molecule has 0 spiro atoms. The van der Waals surface area contributed by atoms with Gasteiger partial charge in [-0.05, 0) is 38.0 Å². The van der Waals surface area contributed by atoms with Crippen molar-refractivity contribution in [3.8, 4) is 6.07 Å². The summed E-state index contributed by atoms with van der Waals surface area (Å²) in [5, 5.41) is 10.2. The summed E-state index contributed by atoms with van der Waals surface area (Å²) in [7, 11) is 0. The molecular weight excluding hydrogens is 293 g/mol. The van der Waals surface area contributed by atoms with Gasteiger partial charge in [0.05, 0.1) is 29.0 Å². The average molecular weight is 313 g/mol. The Kier molecular flexibility index (Phi) is 3.95. The third kappa shape index (κ3) is 2.75. The van der Waals surface area contributed by atoms with E-state index in [1.807, 2.05) is 6.92 Å². The van der Waals surface area contributed by atoms with E-state index in [0.29, 0.717) is 30.6 Å². The summed E-state index contributed by atoms with van der Waals surface area (Å²) in [5.74, 6) is -0.306. The third-order valence-electron chi connectivity index (χ3n) is 4.62. The quantitative estimate of drug-likeness (QED) is 0.850. The highest BCUT2D eigenvalue weighted by Crippen LogP contribution is 2.34. The number of pyridine rings is 1. The molecule has 1 unspecified atom stereocenters. The van der Waals surface area contributed by atoms with E-state index in [0.717, 1.165) is 23.2 Å². The van der Waals surface area contributed by atoms with E-state index in [-0.39, 0.29) is 11.4 Å². The van der Waals surface area contributed by atoms with Crippen LogP contribution in [0.25, 0.3) is 10.9 Å². The number of rotatable bonds is 2. The SMILES string of the molecule is CCC1(C)CN(c2c(C#N)cnc3c(C)cc(F)cc23)CCO1. The zero-order chi connectivity index (χ0) is 16.6. The summed E-state index contributed by atoms with van der Waals surface area (Å²) >= 11 is 0. The van der Waals surface area contributed by atoms with Gasteiger partial charge in [-0.3, -0.25) is 4.98 Å². The molecule has 1 aliphatic heterocycles. The minimum Gasteiger partial charge on any atom is -0.372 e. The first-order valence-corrected chi connectivity index (χ1v) is 7.85. The van der Waals surface area contributed by atoms with Crippen molar-refractivity contribution in [2.45, 2.75) is 32.8 Å². The van der Waals surface area contributed by atoms with Crippen LogP contribution in [-0.2, 0) is 4.74 Å². The molecule has 2 heterocycles. The van der Waals surface area contributed by atoms with Crippen LogP contribution in [0.15, 0.2) is 18.3 Å². The minimum atomic E-state index is -0.306. The van der Waals surface area contributed by atoms with E-state index in [2.05, 4.69) is 29.8 Å². The van der Waals surface area contributed by atoms with Crippen LogP contribution in [0.3, 0.4) is 0 Å². The molecule has 1 fully saturated rings. The molecule has 5 heteroatoms. The molecule has 1 aliphatic rings. The van der Waals surface area contributed by atoms with Crippen LogP contribution in [0.2, 0.25) is 0 Å². The van der Waals surface area contributed by atoms with E-state index < -0.39 is 0 Å². The van der Waals surface area contributed by atoms with Crippen LogP contribution in [0.1, 0.15) is 31.4 Å². The first-order valence-electron chi connectivity index (χ1n) is 7.85. The standard InChI is InChI=1S/C18H20FN3O/c1-4-18(3)11-22(5-6-23-18)17-13(9-20)10-21-16-12(2)7-14(19)8-15(16)17/h7-8,10H,4-6,11H2,1-3H3. The second-order valence-electron chi connectivity index (χ2n) is 6.32. The van der Waals surface area contributed by atoms with Crippen molar-refractivity contribution in [3.63, 3.8) is 0 Å². The summed E-state index contributed by atoms with van der Waals surface area (Å²) < 4.78 is 19.8. The first kappa shape index (κ1) is 15.7. The number of fused-ring (bicyclic) bond motifs is 1. The second-order valence-corrected chi connectivity index (χ2v) is 6.32. The molecule has 3 rings (SSSR count). The molecule has 1 aromatic heterocycles. The molecule has 0 bridgehead atoms. The number of ether oxygens (including phenoxy) is 1. The van der Waals surface area contributed by atoms with Crippen molar-refractivity contribution in [2.24, 2.45) is 0 Å². The van der Waals surface area contributed by atoms with Crippen molar-refractivity contribution >= 4 is 16.6 Å². The third-order valence-corrected chi connectivity index (χ3v) is 4.62. The Morgan fingerprint density at radius 3 is 2.96 bits per heavy atom. The number of aryl methyl sites for hydroxylation is 1. The van der Waals surface area contributed by atoms with Crippen molar-refractivity contribution < 1.29 is 9.13 Å². The predicted molar refractivity (Wildman–Crippen MR) is 88.0 cm³/mol. The first-order chi connectivity index (χ1) is 11.0. The summed E-state index contributed by atoms with van der Waals surface area (Å²) in [6.45, 7) is 7.94. The Morgan fingerprint density at radius 2 is 2.26 bits per heavy atom. The number of aromatic nitrogens is 1. The maximum absolute atomic E-state index is 13.9. The van der Waals surface area contributed by atoms with Gasteiger partial charge in [-0.25, -0.2) is 4.39 Å². The maximum atomic E-state index is 13.9. The lowest BCUT2D eigenvalue weighted by atomic mass is 9.98. The molecule has 0 saturated carbocycles. The van der Waals surface area contributed by atoms with Gasteiger partial charge in [-0.2, -0.15) is 5.26 Å². The van der Waals surface area contributed by atoms with Crippen LogP contribution in [0.5, 0.6) is 0 Å². The number of nitriles is 1. The Bertz CT molecular complexity index is 799. The van der Waals surface area contributed by atoms with E-state index in [4.69, 9.17) is 4.74 Å². The molecule has 4 nitrogen and oxygen atoms in total. The van der Waals surface area contributed by atoms with Gasteiger partial charge in [0.2, 0.25) is 0 Å². The normalized spacial score (nSPS) is 21.4. The molecule has 0 aliphatic carbocycles. The van der Waals surface area contributed by atoms with Crippen molar-refractivity contribution in [1.29, 1.82) is 5.26 Å². The number of anilines is 1. The van der Waals surface area contributed by atoms with Gasteiger partial charge in [0.25, 0.3) is 0 Å². The Hall–Kier alpha value is -2.19. The summed E-state index contributed by atoms with van der Waals surface area (Å²) in [6, 6.07) is 5.15. The fraction of sp³-hybridized carbons (Fsp3) is 0.444. The van der Waals surface area contributed by atoms with Crippen molar-refractivity contribution in [1.82, 2.24) is 4.98 Å². The van der Waals surface area contributed by atoms with Crippen LogP contribution < -0.4 is 4.90 Å².